The number of carbonyl (C=O) groups is 1. The highest BCUT2D eigenvalue weighted by Gasteiger charge is 2.40. The van der Waals surface area contributed by atoms with Gasteiger partial charge in [-0.05, 0) is 44.8 Å². The molecule has 5 nitrogen and oxygen atoms in total. The Morgan fingerprint density at radius 3 is 2.79 bits per heavy atom. The van der Waals surface area contributed by atoms with Crippen LogP contribution in [0, 0.1) is 5.92 Å². The number of amides is 1. The molecule has 1 N–H and O–H groups in total. The van der Waals surface area contributed by atoms with Crippen LogP contribution in [0.2, 0.25) is 0 Å². The van der Waals surface area contributed by atoms with Crippen molar-refractivity contribution >= 4 is 21.8 Å². The summed E-state index contributed by atoms with van der Waals surface area (Å²) in [5.41, 5.74) is 0.889. The van der Waals surface area contributed by atoms with E-state index in [4.69, 9.17) is 4.42 Å². The van der Waals surface area contributed by atoms with E-state index in [0.717, 1.165) is 36.0 Å². The molecule has 3 saturated heterocycles. The predicted molar refractivity (Wildman–Crippen MR) is 94.7 cm³/mol. The Hall–Kier alpha value is -1.66. The van der Waals surface area contributed by atoms with Crippen molar-refractivity contribution in [2.45, 2.75) is 31.8 Å². The maximum Gasteiger partial charge on any atom is 0.307 e. The van der Waals surface area contributed by atoms with E-state index < -0.39 is 0 Å². The van der Waals surface area contributed by atoms with Gasteiger partial charge in [0.05, 0.1) is 6.20 Å². The van der Waals surface area contributed by atoms with Gasteiger partial charge in [-0.3, -0.25) is 9.69 Å². The van der Waals surface area contributed by atoms with Crippen molar-refractivity contribution in [3.63, 3.8) is 0 Å². The first-order valence-electron chi connectivity index (χ1n) is 8.39. The van der Waals surface area contributed by atoms with Gasteiger partial charge in [0.25, 0.3) is 5.89 Å². The van der Waals surface area contributed by atoms with Crippen molar-refractivity contribution in [2.75, 3.05) is 13.1 Å². The number of halogens is 1. The number of rotatable bonds is 3. The van der Waals surface area contributed by atoms with Crippen molar-refractivity contribution in [1.82, 2.24) is 15.2 Å². The summed E-state index contributed by atoms with van der Waals surface area (Å²) >= 11 is 3.49. The molecule has 4 heterocycles. The third kappa shape index (κ3) is 2.78. The standard InChI is InChI=1S/C18H20BrN3O2/c1-11-16(12-6-8-22(11)9-7-12)21-17(23)18-20-10-15(24-18)13-4-2-3-5-14(13)19/h2-5,10-12,16H,6-9H2,1H3,(H,21,23)/t11-,16-/m0/s1. The lowest BCUT2D eigenvalue weighted by atomic mass is 9.79. The van der Waals surface area contributed by atoms with Gasteiger partial charge in [0, 0.05) is 22.1 Å². The molecule has 0 aliphatic carbocycles. The molecule has 3 aliphatic heterocycles. The Bertz CT molecular complexity index is 750. The van der Waals surface area contributed by atoms with Gasteiger partial charge in [0.15, 0.2) is 5.76 Å². The maximum absolute atomic E-state index is 12.6. The summed E-state index contributed by atoms with van der Waals surface area (Å²) in [5.74, 6) is 1.06. The summed E-state index contributed by atoms with van der Waals surface area (Å²) < 4.78 is 6.62. The van der Waals surface area contributed by atoms with Crippen molar-refractivity contribution < 1.29 is 9.21 Å². The SMILES string of the molecule is C[C@H]1[C@H](NC(=O)c2ncc(-c3ccccc3Br)o2)C2CCN1CC2. The van der Waals surface area contributed by atoms with Gasteiger partial charge >= 0.3 is 5.91 Å². The smallest absolute Gasteiger partial charge is 0.307 e. The van der Waals surface area contributed by atoms with Crippen LogP contribution in [0.3, 0.4) is 0 Å². The highest BCUT2D eigenvalue weighted by molar-refractivity contribution is 9.10. The fourth-order valence-electron chi connectivity index (χ4n) is 3.92. The highest BCUT2D eigenvalue weighted by Crippen LogP contribution is 2.32. The summed E-state index contributed by atoms with van der Waals surface area (Å²) in [6, 6.07) is 8.29. The van der Waals surface area contributed by atoms with Crippen LogP contribution in [-0.4, -0.2) is 41.0 Å². The first-order chi connectivity index (χ1) is 11.6. The average Bonchev–Trinajstić information content (AvgIpc) is 3.09. The van der Waals surface area contributed by atoms with E-state index in [1.807, 2.05) is 24.3 Å². The quantitative estimate of drug-likeness (QED) is 0.874. The first kappa shape index (κ1) is 15.8. The molecule has 0 spiro atoms. The van der Waals surface area contributed by atoms with Gasteiger partial charge in [-0.25, -0.2) is 4.98 Å². The number of nitrogens with one attached hydrogen (secondary N) is 1. The molecule has 1 aromatic carbocycles. The number of hydrogen-bond acceptors (Lipinski definition) is 4. The lowest BCUT2D eigenvalue weighted by Gasteiger charge is -2.49. The fraction of sp³-hybridized carbons (Fsp3) is 0.444. The van der Waals surface area contributed by atoms with Gasteiger partial charge in [-0.1, -0.05) is 34.1 Å². The molecule has 0 radical (unpaired) electrons. The van der Waals surface area contributed by atoms with Crippen LogP contribution in [-0.2, 0) is 0 Å². The third-order valence-electron chi connectivity index (χ3n) is 5.31. The van der Waals surface area contributed by atoms with E-state index in [0.29, 0.717) is 17.7 Å². The average molecular weight is 390 g/mol. The predicted octanol–water partition coefficient (Wildman–Crippen LogP) is 3.32. The van der Waals surface area contributed by atoms with Crippen molar-refractivity contribution in [1.29, 1.82) is 0 Å². The second-order valence-electron chi connectivity index (χ2n) is 6.62. The second-order valence-corrected chi connectivity index (χ2v) is 7.48. The molecule has 24 heavy (non-hydrogen) atoms. The Morgan fingerprint density at radius 1 is 1.33 bits per heavy atom. The molecule has 0 unspecified atom stereocenters. The van der Waals surface area contributed by atoms with E-state index in [-0.39, 0.29) is 17.8 Å². The number of piperidine rings is 3. The van der Waals surface area contributed by atoms with Crippen LogP contribution in [0.5, 0.6) is 0 Å². The van der Waals surface area contributed by atoms with Crippen LogP contribution < -0.4 is 5.32 Å². The molecular weight excluding hydrogens is 370 g/mol. The Labute approximate surface area is 149 Å². The fourth-order valence-corrected chi connectivity index (χ4v) is 4.40. The Morgan fingerprint density at radius 2 is 2.08 bits per heavy atom. The third-order valence-corrected chi connectivity index (χ3v) is 6.01. The first-order valence-corrected chi connectivity index (χ1v) is 9.18. The zero-order chi connectivity index (χ0) is 16.7. The molecular formula is C18H20BrN3O2. The molecule has 126 valence electrons. The van der Waals surface area contributed by atoms with E-state index >= 15 is 0 Å². The molecule has 2 atom stereocenters. The summed E-state index contributed by atoms with van der Waals surface area (Å²) in [6.07, 6.45) is 3.92. The molecule has 2 aromatic rings. The van der Waals surface area contributed by atoms with Gasteiger partial charge in [0.2, 0.25) is 0 Å². The lowest BCUT2D eigenvalue weighted by Crippen LogP contribution is -2.62. The largest absolute Gasteiger partial charge is 0.432 e. The number of hydrogen-bond donors (Lipinski definition) is 1. The van der Waals surface area contributed by atoms with Crippen molar-refractivity contribution in [3.8, 4) is 11.3 Å². The minimum absolute atomic E-state index is 0.129. The molecule has 1 aromatic heterocycles. The van der Waals surface area contributed by atoms with Crippen LogP contribution in [0.25, 0.3) is 11.3 Å². The van der Waals surface area contributed by atoms with Gasteiger partial charge in [-0.2, -0.15) is 0 Å². The zero-order valence-corrected chi connectivity index (χ0v) is 15.1. The minimum atomic E-state index is -0.223. The van der Waals surface area contributed by atoms with Crippen molar-refractivity contribution in [3.05, 3.63) is 40.8 Å². The maximum atomic E-state index is 12.6. The van der Waals surface area contributed by atoms with E-state index in [9.17, 15) is 4.79 Å². The number of benzene rings is 1. The summed E-state index contributed by atoms with van der Waals surface area (Å²) in [7, 11) is 0. The van der Waals surface area contributed by atoms with Gasteiger partial charge in [0.1, 0.15) is 0 Å². The highest BCUT2D eigenvalue weighted by atomic mass is 79.9. The molecule has 1 amide bonds. The lowest BCUT2D eigenvalue weighted by molar-refractivity contribution is 0.0210. The summed E-state index contributed by atoms with van der Waals surface area (Å²) in [6.45, 7) is 4.48. The molecule has 3 fully saturated rings. The molecule has 5 rings (SSSR count). The molecule has 3 aliphatic rings. The Kier molecular flexibility index (Phi) is 4.18. The van der Waals surface area contributed by atoms with Gasteiger partial charge in [-0.15, -0.1) is 0 Å². The van der Waals surface area contributed by atoms with Crippen LogP contribution in [0.4, 0.5) is 0 Å². The normalized spacial score (nSPS) is 28.8. The van der Waals surface area contributed by atoms with E-state index in [1.54, 1.807) is 6.20 Å². The van der Waals surface area contributed by atoms with Crippen LogP contribution in [0.1, 0.15) is 30.5 Å². The molecule has 0 saturated carbocycles. The van der Waals surface area contributed by atoms with E-state index in [2.05, 4.69) is 38.1 Å². The summed E-state index contributed by atoms with van der Waals surface area (Å²) in [5, 5.41) is 3.15. The van der Waals surface area contributed by atoms with Crippen molar-refractivity contribution in [2.24, 2.45) is 5.92 Å². The second kappa shape index (κ2) is 6.33. The van der Waals surface area contributed by atoms with Crippen LogP contribution in [0.15, 0.2) is 39.4 Å². The number of nitrogens with zero attached hydrogens (tertiary/aromatic N) is 2. The topological polar surface area (TPSA) is 58.4 Å². The zero-order valence-electron chi connectivity index (χ0n) is 13.5. The molecule has 2 bridgehead atoms. The minimum Gasteiger partial charge on any atom is -0.432 e. The number of fused-ring (bicyclic) bond motifs is 3. The van der Waals surface area contributed by atoms with E-state index in [1.165, 1.54) is 0 Å². The monoisotopic (exact) mass is 389 g/mol. The number of carbonyl (C=O) groups excluding carboxylic acids is 1. The number of oxazole rings is 1. The Balaban J connectivity index is 1.51. The summed E-state index contributed by atoms with van der Waals surface area (Å²) in [4.78, 5) is 19.2. The van der Waals surface area contributed by atoms with Crippen LogP contribution >= 0.6 is 15.9 Å². The van der Waals surface area contributed by atoms with Gasteiger partial charge < -0.3 is 9.73 Å². The number of aromatic nitrogens is 1. The molecule has 6 heteroatoms.